The number of hydrogen-bond donors (Lipinski definition) is 2. The Kier molecular flexibility index (Phi) is 6.39. The molecule has 4 nitrogen and oxygen atoms in total. The van der Waals surface area contributed by atoms with E-state index in [0.717, 1.165) is 16.9 Å². The summed E-state index contributed by atoms with van der Waals surface area (Å²) in [4.78, 5) is 11.5. The fraction of sp³-hybridized carbons (Fsp3) is 0.211. The van der Waals surface area contributed by atoms with Crippen molar-refractivity contribution in [2.24, 2.45) is 0 Å². The minimum absolute atomic E-state index is 0.0736. The van der Waals surface area contributed by atoms with Gasteiger partial charge < -0.3 is 15.2 Å². The molecule has 0 aliphatic rings. The number of carbonyl (C=O) groups is 1. The Balaban J connectivity index is 2.01. The van der Waals surface area contributed by atoms with Crippen molar-refractivity contribution in [3.63, 3.8) is 0 Å². The van der Waals surface area contributed by atoms with Crippen LogP contribution in [0.15, 0.2) is 54.6 Å². The van der Waals surface area contributed by atoms with Gasteiger partial charge in [-0.1, -0.05) is 48.0 Å². The molecule has 0 saturated heterocycles. The third-order valence-electron chi connectivity index (χ3n) is 3.26. The molecule has 4 heteroatoms. The van der Waals surface area contributed by atoms with E-state index in [-0.39, 0.29) is 19.1 Å². The average Bonchev–Trinajstić information content (AvgIpc) is 2.58. The number of aliphatic hydroxyl groups is 1. The van der Waals surface area contributed by atoms with Gasteiger partial charge >= 0.3 is 0 Å². The highest BCUT2D eigenvalue weighted by atomic mass is 16.5. The summed E-state index contributed by atoms with van der Waals surface area (Å²) in [5.74, 6) is 0.478. The molecule has 0 spiro atoms. The number of aliphatic hydroxyl groups excluding tert-OH is 1. The first-order chi connectivity index (χ1) is 11.2. The summed E-state index contributed by atoms with van der Waals surface area (Å²) >= 11 is 0. The van der Waals surface area contributed by atoms with Gasteiger partial charge in [-0.25, -0.2) is 0 Å². The molecular weight excluding hydrogens is 290 g/mol. The molecule has 0 atom stereocenters. The highest BCUT2D eigenvalue weighted by Gasteiger charge is 2.02. The van der Waals surface area contributed by atoms with Crippen molar-refractivity contribution in [2.45, 2.75) is 13.5 Å². The van der Waals surface area contributed by atoms with Crippen LogP contribution in [0.2, 0.25) is 0 Å². The van der Waals surface area contributed by atoms with Crippen LogP contribution in [0.25, 0.3) is 6.08 Å². The summed E-state index contributed by atoms with van der Waals surface area (Å²) in [7, 11) is 0. The van der Waals surface area contributed by atoms with Crippen LogP contribution in [0.4, 0.5) is 0 Å². The van der Waals surface area contributed by atoms with Gasteiger partial charge in [-0.05, 0) is 24.6 Å². The lowest BCUT2D eigenvalue weighted by atomic mass is 10.1. The van der Waals surface area contributed by atoms with E-state index in [1.54, 1.807) is 6.08 Å². The van der Waals surface area contributed by atoms with Gasteiger partial charge in [0.1, 0.15) is 12.4 Å². The van der Waals surface area contributed by atoms with Gasteiger partial charge in [0, 0.05) is 18.2 Å². The van der Waals surface area contributed by atoms with E-state index in [4.69, 9.17) is 9.84 Å². The Morgan fingerprint density at radius 2 is 1.91 bits per heavy atom. The largest absolute Gasteiger partial charge is 0.488 e. The number of amides is 1. The van der Waals surface area contributed by atoms with Gasteiger partial charge in [-0.3, -0.25) is 4.79 Å². The monoisotopic (exact) mass is 311 g/mol. The van der Waals surface area contributed by atoms with E-state index < -0.39 is 0 Å². The van der Waals surface area contributed by atoms with E-state index in [9.17, 15) is 4.79 Å². The highest BCUT2D eigenvalue weighted by molar-refractivity contribution is 5.92. The molecule has 2 aromatic carbocycles. The maximum absolute atomic E-state index is 11.5. The minimum Gasteiger partial charge on any atom is -0.488 e. The second kappa shape index (κ2) is 8.76. The van der Waals surface area contributed by atoms with Gasteiger partial charge in [0.15, 0.2) is 0 Å². The molecule has 0 fully saturated rings. The lowest BCUT2D eigenvalue weighted by molar-refractivity contribution is -0.116. The zero-order chi connectivity index (χ0) is 16.5. The lowest BCUT2D eigenvalue weighted by Crippen LogP contribution is -2.24. The van der Waals surface area contributed by atoms with Gasteiger partial charge in [0.05, 0.1) is 6.61 Å². The molecule has 0 heterocycles. The number of para-hydroxylation sites is 1. The van der Waals surface area contributed by atoms with Crippen molar-refractivity contribution in [1.82, 2.24) is 5.32 Å². The van der Waals surface area contributed by atoms with Crippen molar-refractivity contribution < 1.29 is 14.6 Å². The van der Waals surface area contributed by atoms with Crippen molar-refractivity contribution >= 4 is 12.0 Å². The lowest BCUT2D eigenvalue weighted by Gasteiger charge is -2.09. The van der Waals surface area contributed by atoms with Crippen LogP contribution < -0.4 is 10.1 Å². The third-order valence-corrected chi connectivity index (χ3v) is 3.26. The molecule has 0 saturated carbocycles. The molecule has 0 aliphatic heterocycles. The van der Waals surface area contributed by atoms with E-state index in [2.05, 4.69) is 17.4 Å². The summed E-state index contributed by atoms with van der Waals surface area (Å²) in [5.41, 5.74) is 3.14. The molecule has 120 valence electrons. The molecule has 0 aromatic heterocycles. The fourth-order valence-corrected chi connectivity index (χ4v) is 2.00. The van der Waals surface area contributed by atoms with Gasteiger partial charge in [-0.15, -0.1) is 0 Å². The Labute approximate surface area is 136 Å². The van der Waals surface area contributed by atoms with Crippen LogP contribution in [0.3, 0.4) is 0 Å². The first kappa shape index (κ1) is 16.8. The molecule has 2 aromatic rings. The Morgan fingerprint density at radius 3 is 2.65 bits per heavy atom. The normalized spacial score (nSPS) is 10.7. The van der Waals surface area contributed by atoms with Gasteiger partial charge in [-0.2, -0.15) is 0 Å². The number of nitrogens with one attached hydrogen (secondary N) is 1. The van der Waals surface area contributed by atoms with Crippen LogP contribution in [0.5, 0.6) is 5.75 Å². The first-order valence-corrected chi connectivity index (χ1v) is 7.53. The van der Waals surface area contributed by atoms with E-state index in [1.807, 2.05) is 43.3 Å². The van der Waals surface area contributed by atoms with Crippen LogP contribution >= 0.6 is 0 Å². The molecule has 0 bridgehead atoms. The molecule has 1 amide bonds. The summed E-state index contributed by atoms with van der Waals surface area (Å²) in [6.45, 7) is 2.69. The maximum Gasteiger partial charge on any atom is 0.244 e. The van der Waals surface area contributed by atoms with Crippen molar-refractivity contribution in [2.75, 3.05) is 13.2 Å². The second-order valence-corrected chi connectivity index (χ2v) is 5.16. The summed E-state index contributed by atoms with van der Waals surface area (Å²) in [6, 6.07) is 15.7. The number of rotatable bonds is 7. The number of ether oxygens (including phenoxy) is 1. The SMILES string of the molecule is Cc1ccc(COc2ccccc2/C=C/C(=O)NCCO)cc1. The predicted molar refractivity (Wildman–Crippen MR) is 91.1 cm³/mol. The topological polar surface area (TPSA) is 58.6 Å². The molecule has 2 rings (SSSR count). The zero-order valence-corrected chi connectivity index (χ0v) is 13.2. The number of benzene rings is 2. The highest BCUT2D eigenvalue weighted by Crippen LogP contribution is 2.20. The molecule has 0 aliphatic carbocycles. The van der Waals surface area contributed by atoms with Crippen LogP contribution in [0.1, 0.15) is 16.7 Å². The Hall–Kier alpha value is -2.59. The molecule has 23 heavy (non-hydrogen) atoms. The zero-order valence-electron chi connectivity index (χ0n) is 13.2. The summed E-state index contributed by atoms with van der Waals surface area (Å²) in [5, 5.41) is 11.2. The quantitative estimate of drug-likeness (QED) is 0.773. The minimum atomic E-state index is -0.243. The van der Waals surface area contributed by atoms with Crippen molar-refractivity contribution in [3.8, 4) is 5.75 Å². The second-order valence-electron chi connectivity index (χ2n) is 5.16. The number of carbonyl (C=O) groups excluding carboxylic acids is 1. The number of hydrogen-bond acceptors (Lipinski definition) is 3. The first-order valence-electron chi connectivity index (χ1n) is 7.53. The standard InChI is InChI=1S/C19H21NO3/c1-15-6-8-16(9-7-15)14-23-18-5-3-2-4-17(18)10-11-19(22)20-12-13-21/h2-11,21H,12-14H2,1H3,(H,20,22)/b11-10+. The Bertz CT molecular complexity index is 663. The molecular formula is C19H21NO3. The van der Waals surface area contributed by atoms with Crippen LogP contribution in [0, 0.1) is 6.92 Å². The molecule has 0 radical (unpaired) electrons. The smallest absolute Gasteiger partial charge is 0.244 e. The maximum atomic E-state index is 11.5. The Morgan fingerprint density at radius 1 is 1.17 bits per heavy atom. The summed E-state index contributed by atoms with van der Waals surface area (Å²) in [6.07, 6.45) is 3.14. The van der Waals surface area contributed by atoms with E-state index >= 15 is 0 Å². The van der Waals surface area contributed by atoms with Gasteiger partial charge in [0.2, 0.25) is 5.91 Å². The predicted octanol–water partition coefficient (Wildman–Crippen LogP) is 2.70. The molecule has 2 N–H and O–H groups in total. The van der Waals surface area contributed by atoms with Crippen LogP contribution in [-0.2, 0) is 11.4 Å². The van der Waals surface area contributed by atoms with Gasteiger partial charge in [0.25, 0.3) is 0 Å². The van der Waals surface area contributed by atoms with E-state index in [0.29, 0.717) is 6.61 Å². The third kappa shape index (κ3) is 5.60. The van der Waals surface area contributed by atoms with Crippen molar-refractivity contribution in [1.29, 1.82) is 0 Å². The summed E-state index contributed by atoms with van der Waals surface area (Å²) < 4.78 is 5.85. The molecule has 0 unspecified atom stereocenters. The van der Waals surface area contributed by atoms with E-state index in [1.165, 1.54) is 11.6 Å². The van der Waals surface area contributed by atoms with Crippen LogP contribution in [-0.4, -0.2) is 24.2 Å². The number of aryl methyl sites for hydroxylation is 1. The van der Waals surface area contributed by atoms with Crippen molar-refractivity contribution in [3.05, 3.63) is 71.3 Å². The average molecular weight is 311 g/mol. The fourth-order valence-electron chi connectivity index (χ4n) is 2.00.